The zero-order valence-corrected chi connectivity index (χ0v) is 13.2. The van der Waals surface area contributed by atoms with Gasteiger partial charge in [-0.1, -0.05) is 6.07 Å². The first kappa shape index (κ1) is 14.2. The molecule has 5 heteroatoms. The normalized spacial score (nSPS) is 16.8. The largest absolute Gasteiger partial charge is 0.480 e. The molecule has 0 aromatic carbocycles. The first-order chi connectivity index (χ1) is 11.3. The minimum Gasteiger partial charge on any atom is -0.480 e. The fourth-order valence-corrected chi connectivity index (χ4v) is 3.40. The summed E-state index contributed by atoms with van der Waals surface area (Å²) >= 11 is 0. The third-order valence-electron chi connectivity index (χ3n) is 4.76. The van der Waals surface area contributed by atoms with Crippen LogP contribution in [0.5, 0.6) is 5.88 Å². The van der Waals surface area contributed by atoms with Crippen molar-refractivity contribution < 1.29 is 9.53 Å². The first-order valence-electron chi connectivity index (χ1n) is 8.02. The Labute approximate surface area is 135 Å². The summed E-state index contributed by atoms with van der Waals surface area (Å²) in [6.07, 6.45) is 6.74. The number of aryl methyl sites for hydroxylation is 2. The Morgan fingerprint density at radius 3 is 2.96 bits per heavy atom. The number of nitrogens with zero attached hydrogens (tertiary/aromatic N) is 3. The van der Waals surface area contributed by atoms with Crippen LogP contribution in [0, 0.1) is 0 Å². The van der Waals surface area contributed by atoms with E-state index in [1.165, 1.54) is 11.1 Å². The zero-order chi connectivity index (χ0) is 15.8. The molecule has 2 aliphatic rings. The average molecular weight is 309 g/mol. The summed E-state index contributed by atoms with van der Waals surface area (Å²) in [4.78, 5) is 23.3. The Bertz CT molecular complexity index is 739. The van der Waals surface area contributed by atoms with Gasteiger partial charge in [-0.05, 0) is 42.5 Å². The lowest BCUT2D eigenvalue weighted by molar-refractivity contribution is 0.0597. The van der Waals surface area contributed by atoms with Crippen molar-refractivity contribution in [3.63, 3.8) is 0 Å². The number of likely N-dealkylation sites (tertiary alicyclic amines) is 1. The van der Waals surface area contributed by atoms with Crippen molar-refractivity contribution in [1.82, 2.24) is 14.9 Å². The van der Waals surface area contributed by atoms with Crippen LogP contribution >= 0.6 is 0 Å². The fraction of sp³-hybridized carbons (Fsp3) is 0.389. The van der Waals surface area contributed by atoms with E-state index >= 15 is 0 Å². The minimum absolute atomic E-state index is 0.0178. The van der Waals surface area contributed by atoms with E-state index in [1.807, 2.05) is 23.2 Å². The predicted molar refractivity (Wildman–Crippen MR) is 85.7 cm³/mol. The number of rotatable bonds is 3. The molecule has 1 aliphatic heterocycles. The van der Waals surface area contributed by atoms with Crippen LogP contribution in [0.2, 0.25) is 0 Å². The fourth-order valence-electron chi connectivity index (χ4n) is 3.40. The van der Waals surface area contributed by atoms with Gasteiger partial charge in [-0.15, -0.1) is 0 Å². The maximum absolute atomic E-state index is 12.8. The second-order valence-corrected chi connectivity index (χ2v) is 6.20. The van der Waals surface area contributed by atoms with Gasteiger partial charge in [0, 0.05) is 37.1 Å². The van der Waals surface area contributed by atoms with Crippen molar-refractivity contribution in [2.75, 3.05) is 20.2 Å². The summed E-state index contributed by atoms with van der Waals surface area (Å²) in [6, 6.07) is 5.98. The molecule has 0 radical (unpaired) electrons. The number of aromatic nitrogens is 2. The predicted octanol–water partition coefficient (Wildman–Crippen LogP) is 2.21. The number of hydrogen-bond donors (Lipinski definition) is 0. The number of pyridine rings is 2. The number of hydrogen-bond acceptors (Lipinski definition) is 4. The summed E-state index contributed by atoms with van der Waals surface area (Å²) in [5, 5.41) is 0. The van der Waals surface area contributed by atoms with Gasteiger partial charge in [0.1, 0.15) is 5.56 Å². The summed E-state index contributed by atoms with van der Waals surface area (Å²) < 4.78 is 5.35. The maximum Gasteiger partial charge on any atom is 0.259 e. The molecule has 1 saturated heterocycles. The van der Waals surface area contributed by atoms with Gasteiger partial charge >= 0.3 is 0 Å². The SMILES string of the molecule is COc1nc2c(cc1C(=O)N1CC(c3cccnc3)C1)CCC2. The molecule has 1 aliphatic carbocycles. The smallest absolute Gasteiger partial charge is 0.259 e. The first-order valence-corrected chi connectivity index (χ1v) is 8.02. The Morgan fingerprint density at radius 1 is 1.35 bits per heavy atom. The molecule has 0 N–H and O–H groups in total. The van der Waals surface area contributed by atoms with Gasteiger partial charge in [0.15, 0.2) is 0 Å². The van der Waals surface area contributed by atoms with Crippen molar-refractivity contribution in [3.05, 3.63) is 53.0 Å². The highest BCUT2D eigenvalue weighted by molar-refractivity contribution is 5.97. The highest BCUT2D eigenvalue weighted by atomic mass is 16.5. The number of fused-ring (bicyclic) bond motifs is 1. The van der Waals surface area contributed by atoms with Crippen LogP contribution in [-0.4, -0.2) is 41.0 Å². The molecule has 1 fully saturated rings. The molecule has 118 valence electrons. The summed E-state index contributed by atoms with van der Waals surface area (Å²) in [6.45, 7) is 1.45. The van der Waals surface area contributed by atoms with Gasteiger partial charge in [-0.25, -0.2) is 4.98 Å². The summed E-state index contributed by atoms with van der Waals surface area (Å²) in [5.74, 6) is 0.852. The second kappa shape index (κ2) is 5.65. The van der Waals surface area contributed by atoms with Crippen molar-refractivity contribution in [3.8, 4) is 5.88 Å². The number of amides is 1. The maximum atomic E-state index is 12.8. The highest BCUT2D eigenvalue weighted by Gasteiger charge is 2.34. The molecular weight excluding hydrogens is 290 g/mol. The van der Waals surface area contributed by atoms with Crippen LogP contribution in [0.15, 0.2) is 30.6 Å². The van der Waals surface area contributed by atoms with Crippen LogP contribution < -0.4 is 4.74 Å². The molecule has 0 saturated carbocycles. The van der Waals surface area contributed by atoms with E-state index in [1.54, 1.807) is 13.3 Å². The van der Waals surface area contributed by atoms with Crippen molar-refractivity contribution in [2.24, 2.45) is 0 Å². The highest BCUT2D eigenvalue weighted by Crippen LogP contribution is 2.31. The van der Waals surface area contributed by atoms with Crippen molar-refractivity contribution in [2.45, 2.75) is 25.2 Å². The molecule has 0 unspecified atom stereocenters. The van der Waals surface area contributed by atoms with E-state index in [2.05, 4.69) is 16.0 Å². The number of ether oxygens (including phenoxy) is 1. The molecule has 5 nitrogen and oxygen atoms in total. The Hall–Kier alpha value is -2.43. The molecule has 23 heavy (non-hydrogen) atoms. The van der Waals surface area contributed by atoms with E-state index in [0.717, 1.165) is 38.0 Å². The summed E-state index contributed by atoms with van der Waals surface area (Å²) in [5.41, 5.74) is 4.06. The Kier molecular flexibility index (Phi) is 3.48. The van der Waals surface area contributed by atoms with E-state index < -0.39 is 0 Å². The topological polar surface area (TPSA) is 55.3 Å². The standard InChI is InChI=1S/C18H19N3O2/c1-23-17-15(8-12-4-2-6-16(12)20-17)18(22)21-10-14(11-21)13-5-3-7-19-9-13/h3,5,7-9,14H,2,4,6,10-11H2,1H3. The molecule has 1 amide bonds. The second-order valence-electron chi connectivity index (χ2n) is 6.20. The minimum atomic E-state index is 0.0178. The van der Waals surface area contributed by atoms with E-state index in [9.17, 15) is 4.79 Å². The molecule has 2 aromatic heterocycles. The van der Waals surface area contributed by atoms with Crippen LogP contribution in [-0.2, 0) is 12.8 Å². The number of carbonyl (C=O) groups is 1. The summed E-state index contributed by atoms with van der Waals surface area (Å²) in [7, 11) is 1.58. The van der Waals surface area contributed by atoms with Crippen molar-refractivity contribution >= 4 is 5.91 Å². The molecule has 3 heterocycles. The average Bonchev–Trinajstić information content (AvgIpc) is 3.00. The molecule has 0 bridgehead atoms. The molecular formula is C18H19N3O2. The molecule has 0 spiro atoms. The van der Waals surface area contributed by atoms with Crippen LogP contribution in [0.4, 0.5) is 0 Å². The lowest BCUT2D eigenvalue weighted by Gasteiger charge is -2.39. The third kappa shape index (κ3) is 2.46. The van der Waals surface area contributed by atoms with Crippen molar-refractivity contribution in [1.29, 1.82) is 0 Å². The van der Waals surface area contributed by atoms with Crippen LogP contribution in [0.3, 0.4) is 0 Å². The van der Waals surface area contributed by atoms with Gasteiger partial charge in [0.05, 0.1) is 7.11 Å². The van der Waals surface area contributed by atoms with Gasteiger partial charge in [-0.2, -0.15) is 0 Å². The zero-order valence-electron chi connectivity index (χ0n) is 13.2. The number of carbonyl (C=O) groups excluding carboxylic acids is 1. The van der Waals surface area contributed by atoms with Crippen LogP contribution in [0.25, 0.3) is 0 Å². The van der Waals surface area contributed by atoms with Gasteiger partial charge in [0.25, 0.3) is 5.91 Å². The third-order valence-corrected chi connectivity index (χ3v) is 4.76. The van der Waals surface area contributed by atoms with E-state index in [0.29, 0.717) is 17.4 Å². The molecule has 4 rings (SSSR count). The molecule has 0 atom stereocenters. The quantitative estimate of drug-likeness (QED) is 0.872. The monoisotopic (exact) mass is 309 g/mol. The Balaban J connectivity index is 1.52. The van der Waals surface area contributed by atoms with E-state index in [4.69, 9.17) is 4.74 Å². The van der Waals surface area contributed by atoms with E-state index in [-0.39, 0.29) is 5.91 Å². The lowest BCUT2D eigenvalue weighted by Crippen LogP contribution is -2.48. The number of methoxy groups -OCH3 is 1. The molecule has 2 aromatic rings. The van der Waals surface area contributed by atoms with Crippen LogP contribution in [0.1, 0.15) is 39.5 Å². The van der Waals surface area contributed by atoms with Gasteiger partial charge < -0.3 is 9.64 Å². The van der Waals surface area contributed by atoms with Gasteiger partial charge in [0.2, 0.25) is 5.88 Å². The Morgan fingerprint density at radius 2 is 2.22 bits per heavy atom. The lowest BCUT2D eigenvalue weighted by atomic mass is 9.92. The van der Waals surface area contributed by atoms with Gasteiger partial charge in [-0.3, -0.25) is 9.78 Å².